The second-order valence-electron chi connectivity index (χ2n) is 7.59. The van der Waals surface area contributed by atoms with Gasteiger partial charge in [0.1, 0.15) is 5.82 Å². The van der Waals surface area contributed by atoms with Crippen molar-refractivity contribution in [2.24, 2.45) is 0 Å². The molecule has 3 rings (SSSR count). The van der Waals surface area contributed by atoms with Crippen LogP contribution in [-0.2, 0) is 16.6 Å². The van der Waals surface area contributed by atoms with E-state index in [0.29, 0.717) is 18.7 Å². The molecule has 0 bridgehead atoms. The number of aromatic nitrogens is 2. The molecule has 2 aromatic carbocycles. The first-order valence-electron chi connectivity index (χ1n) is 9.03. The predicted octanol–water partition coefficient (Wildman–Crippen LogP) is 5.50. The Morgan fingerprint density at radius 3 is 2.37 bits per heavy atom. The van der Waals surface area contributed by atoms with Crippen LogP contribution in [0.25, 0.3) is 5.69 Å². The zero-order valence-electron chi connectivity index (χ0n) is 15.9. The molecule has 1 aromatic heterocycles. The molecule has 0 spiro atoms. The molecule has 0 saturated heterocycles. The number of rotatable bonds is 5. The minimum Gasteiger partial charge on any atom is -0.311 e. The van der Waals surface area contributed by atoms with Crippen LogP contribution in [0.5, 0.6) is 0 Å². The number of anilines is 1. The number of hydrogen-bond acceptors (Lipinski definition) is 2. The minimum absolute atomic E-state index is 0.0161. The van der Waals surface area contributed by atoms with Crippen molar-refractivity contribution in [3.05, 3.63) is 76.4 Å². The fraction of sp³-hybridized carbons (Fsp3) is 0.273. The van der Waals surface area contributed by atoms with Gasteiger partial charge in [0.05, 0.1) is 11.4 Å². The summed E-state index contributed by atoms with van der Waals surface area (Å²) in [4.78, 5) is 12.5. The normalized spacial score (nSPS) is 11.4. The number of aryl methyl sites for hydroxylation is 1. The van der Waals surface area contributed by atoms with Crippen LogP contribution in [0.1, 0.15) is 38.4 Å². The number of nitrogens with one attached hydrogen (secondary N) is 1. The Labute approximate surface area is 168 Å². The summed E-state index contributed by atoms with van der Waals surface area (Å²) in [6, 6.07) is 19.9. The van der Waals surface area contributed by atoms with Gasteiger partial charge in [-0.15, -0.1) is 0 Å². The molecule has 0 aliphatic rings. The van der Waals surface area contributed by atoms with Crippen LogP contribution in [0.4, 0.5) is 5.82 Å². The first-order valence-corrected chi connectivity index (χ1v) is 9.82. The Kier molecular flexibility index (Phi) is 5.80. The molecule has 0 atom stereocenters. The lowest BCUT2D eigenvalue weighted by molar-refractivity contribution is -0.116. The van der Waals surface area contributed by atoms with Gasteiger partial charge in [-0.05, 0) is 36.2 Å². The van der Waals surface area contributed by atoms with Gasteiger partial charge in [0.25, 0.3) is 0 Å². The van der Waals surface area contributed by atoms with Crippen LogP contribution in [0, 0.1) is 0 Å². The fourth-order valence-electron chi connectivity index (χ4n) is 2.72. The van der Waals surface area contributed by atoms with Gasteiger partial charge in [-0.3, -0.25) is 4.79 Å². The van der Waals surface area contributed by atoms with Crippen molar-refractivity contribution in [2.45, 2.75) is 39.0 Å². The zero-order chi connectivity index (χ0) is 19.4. The van der Waals surface area contributed by atoms with Gasteiger partial charge in [-0.2, -0.15) is 5.10 Å². The zero-order valence-corrected chi connectivity index (χ0v) is 17.5. The maximum absolute atomic E-state index is 12.5. The fourth-order valence-corrected chi connectivity index (χ4v) is 2.99. The van der Waals surface area contributed by atoms with Gasteiger partial charge in [-0.25, -0.2) is 4.68 Å². The van der Waals surface area contributed by atoms with E-state index in [-0.39, 0.29) is 11.3 Å². The molecule has 1 amide bonds. The molecule has 1 heterocycles. The van der Waals surface area contributed by atoms with E-state index in [1.165, 1.54) is 0 Å². The van der Waals surface area contributed by atoms with Gasteiger partial charge in [-0.1, -0.05) is 67.0 Å². The van der Waals surface area contributed by atoms with Crippen molar-refractivity contribution in [3.8, 4) is 5.69 Å². The molecule has 0 fully saturated rings. The van der Waals surface area contributed by atoms with Gasteiger partial charge in [0, 0.05) is 22.4 Å². The quantitative estimate of drug-likeness (QED) is 0.585. The molecule has 0 radical (unpaired) electrons. The molecule has 0 aliphatic heterocycles. The van der Waals surface area contributed by atoms with Crippen LogP contribution in [0.2, 0.25) is 0 Å². The SMILES string of the molecule is CC(C)(C)c1cc(NC(=O)CCc2ccccc2)n(-c2ccc(Br)cc2)n1. The van der Waals surface area contributed by atoms with Crippen LogP contribution < -0.4 is 5.32 Å². The monoisotopic (exact) mass is 425 g/mol. The van der Waals surface area contributed by atoms with Crippen molar-refractivity contribution in [1.82, 2.24) is 9.78 Å². The predicted molar refractivity (Wildman–Crippen MR) is 113 cm³/mol. The highest BCUT2D eigenvalue weighted by Gasteiger charge is 2.21. The second kappa shape index (κ2) is 8.09. The largest absolute Gasteiger partial charge is 0.311 e. The number of amides is 1. The number of carbonyl (C=O) groups excluding carboxylic acids is 1. The first kappa shape index (κ1) is 19.4. The Hall–Kier alpha value is -2.40. The van der Waals surface area contributed by atoms with E-state index in [1.807, 2.05) is 60.7 Å². The standard InChI is InChI=1S/C22H24BrN3O/c1-22(2,3)19-15-20(26(25-19)18-12-10-17(23)11-13-18)24-21(27)14-9-16-7-5-4-6-8-16/h4-8,10-13,15H,9,14H2,1-3H3,(H,24,27). The van der Waals surface area contributed by atoms with E-state index in [4.69, 9.17) is 5.10 Å². The third-order valence-corrected chi connectivity index (χ3v) is 4.83. The summed E-state index contributed by atoms with van der Waals surface area (Å²) in [5, 5.41) is 7.78. The average Bonchev–Trinajstić information content (AvgIpc) is 3.06. The van der Waals surface area contributed by atoms with E-state index < -0.39 is 0 Å². The Morgan fingerprint density at radius 2 is 1.74 bits per heavy atom. The molecule has 5 heteroatoms. The third-order valence-electron chi connectivity index (χ3n) is 4.30. The van der Waals surface area contributed by atoms with E-state index in [2.05, 4.69) is 42.0 Å². The third kappa shape index (κ3) is 5.07. The Morgan fingerprint density at radius 1 is 1.07 bits per heavy atom. The summed E-state index contributed by atoms with van der Waals surface area (Å²) < 4.78 is 2.80. The van der Waals surface area contributed by atoms with Crippen molar-refractivity contribution >= 4 is 27.7 Å². The van der Waals surface area contributed by atoms with E-state index in [9.17, 15) is 4.79 Å². The van der Waals surface area contributed by atoms with Crippen LogP contribution in [0.15, 0.2) is 65.1 Å². The van der Waals surface area contributed by atoms with Crippen LogP contribution >= 0.6 is 15.9 Å². The highest BCUT2D eigenvalue weighted by Crippen LogP contribution is 2.27. The van der Waals surface area contributed by atoms with Gasteiger partial charge in [0.2, 0.25) is 5.91 Å². The summed E-state index contributed by atoms with van der Waals surface area (Å²) in [5.41, 5.74) is 2.89. The highest BCUT2D eigenvalue weighted by atomic mass is 79.9. The Bertz CT molecular complexity index is 909. The number of nitrogens with zero attached hydrogens (tertiary/aromatic N) is 2. The summed E-state index contributed by atoms with van der Waals surface area (Å²) in [6.07, 6.45) is 1.14. The molecule has 1 N–H and O–H groups in total. The number of carbonyl (C=O) groups is 1. The first-order chi connectivity index (χ1) is 12.8. The summed E-state index contributed by atoms with van der Waals surface area (Å²) in [5.74, 6) is 0.679. The maximum atomic E-state index is 12.5. The van der Waals surface area contributed by atoms with Gasteiger partial charge in [0.15, 0.2) is 0 Å². The number of hydrogen-bond donors (Lipinski definition) is 1. The van der Waals surface area contributed by atoms with Crippen molar-refractivity contribution in [3.63, 3.8) is 0 Å². The summed E-state index contributed by atoms with van der Waals surface area (Å²) >= 11 is 3.46. The van der Waals surface area contributed by atoms with Gasteiger partial charge < -0.3 is 5.32 Å². The van der Waals surface area contributed by atoms with Crippen LogP contribution in [0.3, 0.4) is 0 Å². The van der Waals surface area contributed by atoms with Crippen molar-refractivity contribution in [2.75, 3.05) is 5.32 Å². The minimum atomic E-state index is -0.107. The molecular weight excluding hydrogens is 402 g/mol. The molecule has 0 unspecified atom stereocenters. The second-order valence-corrected chi connectivity index (χ2v) is 8.50. The van der Waals surface area contributed by atoms with Gasteiger partial charge >= 0.3 is 0 Å². The Balaban J connectivity index is 1.81. The smallest absolute Gasteiger partial charge is 0.225 e. The lowest BCUT2D eigenvalue weighted by Crippen LogP contribution is -2.15. The molecule has 4 nitrogen and oxygen atoms in total. The molecule has 140 valence electrons. The lowest BCUT2D eigenvalue weighted by atomic mass is 9.92. The molecule has 0 saturated carbocycles. The van der Waals surface area contributed by atoms with E-state index >= 15 is 0 Å². The summed E-state index contributed by atoms with van der Waals surface area (Å²) in [6.45, 7) is 6.34. The van der Waals surface area contributed by atoms with Crippen molar-refractivity contribution in [1.29, 1.82) is 0 Å². The lowest BCUT2D eigenvalue weighted by Gasteiger charge is -2.14. The molecule has 27 heavy (non-hydrogen) atoms. The summed E-state index contributed by atoms with van der Waals surface area (Å²) in [7, 11) is 0. The topological polar surface area (TPSA) is 46.9 Å². The number of benzene rings is 2. The van der Waals surface area contributed by atoms with E-state index in [0.717, 1.165) is 21.4 Å². The maximum Gasteiger partial charge on any atom is 0.225 e. The highest BCUT2D eigenvalue weighted by molar-refractivity contribution is 9.10. The van der Waals surface area contributed by atoms with Crippen molar-refractivity contribution < 1.29 is 4.79 Å². The molecule has 3 aromatic rings. The number of halogens is 1. The van der Waals surface area contributed by atoms with Crippen LogP contribution in [-0.4, -0.2) is 15.7 Å². The molecule has 0 aliphatic carbocycles. The van der Waals surface area contributed by atoms with E-state index in [1.54, 1.807) is 4.68 Å². The average molecular weight is 426 g/mol. The molecular formula is C22H24BrN3O.